The van der Waals surface area contributed by atoms with Gasteiger partial charge in [-0.1, -0.05) is 0 Å². The molecule has 23 heavy (non-hydrogen) atoms. The Kier molecular flexibility index (Phi) is 5.72. The van der Waals surface area contributed by atoms with Gasteiger partial charge < -0.3 is 25.5 Å². The fourth-order valence-corrected chi connectivity index (χ4v) is 2.35. The number of carboxylic acid groups (broad SMARTS) is 1. The molecule has 1 aromatic carbocycles. The number of carboxylic acids is 1. The molecule has 0 radical (unpaired) electrons. The minimum absolute atomic E-state index is 0.235. The zero-order valence-corrected chi connectivity index (χ0v) is 13.0. The number of pyridine rings is 1. The summed E-state index contributed by atoms with van der Waals surface area (Å²) in [4.78, 5) is 23.6. The number of nitrogens with zero attached hydrogens (tertiary/aromatic N) is 1. The maximum absolute atomic E-state index is 12.3. The summed E-state index contributed by atoms with van der Waals surface area (Å²) in [6.45, 7) is 4.81. The van der Waals surface area contributed by atoms with Crippen molar-refractivity contribution in [2.75, 3.05) is 26.2 Å². The van der Waals surface area contributed by atoms with Gasteiger partial charge in [-0.15, -0.1) is 0 Å². The Bertz CT molecular complexity index is 755. The molecule has 0 atom stereocenters. The molecule has 4 N–H and O–H groups in total. The molecule has 124 valence electrons. The van der Waals surface area contributed by atoms with Crippen molar-refractivity contribution in [1.29, 1.82) is 0 Å². The summed E-state index contributed by atoms with van der Waals surface area (Å²) in [6.07, 6.45) is 1.38. The zero-order valence-electron chi connectivity index (χ0n) is 13.0. The average Bonchev–Trinajstić information content (AvgIpc) is 2.55. The van der Waals surface area contributed by atoms with Gasteiger partial charge in [-0.05, 0) is 25.1 Å². The van der Waals surface area contributed by atoms with Crippen molar-refractivity contribution in [3.8, 4) is 5.75 Å². The van der Waals surface area contributed by atoms with E-state index in [9.17, 15) is 14.7 Å². The molecule has 2 rings (SSSR count). The SMILES string of the molecule is CCn1cc(C(=O)O)c(=O)c2cc(OCCNCCN)ccc21. The molecular weight excluding hydrogens is 298 g/mol. The first-order chi connectivity index (χ1) is 11.1. The molecule has 0 aliphatic rings. The van der Waals surface area contributed by atoms with Gasteiger partial charge in [-0.2, -0.15) is 0 Å². The Hall–Kier alpha value is -2.38. The number of fused-ring (bicyclic) bond motifs is 1. The first-order valence-corrected chi connectivity index (χ1v) is 7.52. The predicted molar refractivity (Wildman–Crippen MR) is 88.3 cm³/mol. The molecule has 0 aliphatic carbocycles. The molecule has 1 aromatic heterocycles. The van der Waals surface area contributed by atoms with Crippen LogP contribution in [0.2, 0.25) is 0 Å². The first-order valence-electron chi connectivity index (χ1n) is 7.52. The third-order valence-electron chi connectivity index (χ3n) is 3.49. The lowest BCUT2D eigenvalue weighted by molar-refractivity contribution is 0.0695. The molecule has 0 aliphatic heterocycles. The maximum atomic E-state index is 12.3. The van der Waals surface area contributed by atoms with Gasteiger partial charge in [-0.3, -0.25) is 4.79 Å². The molecule has 0 fully saturated rings. The van der Waals surface area contributed by atoms with Crippen molar-refractivity contribution in [3.63, 3.8) is 0 Å². The number of ether oxygens (including phenoxy) is 1. The standard InChI is InChI=1S/C16H21N3O4/c1-2-19-10-13(16(21)22)15(20)12-9-11(3-4-14(12)19)23-8-7-18-6-5-17/h3-4,9-10,18H,2,5-8,17H2,1H3,(H,21,22). The number of aromatic carboxylic acids is 1. The van der Waals surface area contributed by atoms with E-state index in [4.69, 9.17) is 10.5 Å². The Morgan fingerprint density at radius 1 is 1.39 bits per heavy atom. The molecule has 0 unspecified atom stereocenters. The van der Waals surface area contributed by atoms with E-state index in [2.05, 4.69) is 5.32 Å². The molecular formula is C16H21N3O4. The number of hydrogen-bond donors (Lipinski definition) is 3. The van der Waals surface area contributed by atoms with Crippen LogP contribution in [0.5, 0.6) is 5.75 Å². The highest BCUT2D eigenvalue weighted by Crippen LogP contribution is 2.19. The largest absolute Gasteiger partial charge is 0.492 e. The summed E-state index contributed by atoms with van der Waals surface area (Å²) in [6, 6.07) is 5.14. The van der Waals surface area contributed by atoms with E-state index in [1.807, 2.05) is 6.92 Å². The molecule has 0 bridgehead atoms. The van der Waals surface area contributed by atoms with Gasteiger partial charge in [0.15, 0.2) is 0 Å². The number of aryl methyl sites for hydroxylation is 1. The molecule has 0 saturated heterocycles. The predicted octanol–water partition coefficient (Wildman–Crippen LogP) is 0.647. The van der Waals surface area contributed by atoms with Crippen LogP contribution < -0.4 is 21.2 Å². The number of aromatic nitrogens is 1. The van der Waals surface area contributed by atoms with Crippen molar-refractivity contribution in [3.05, 3.63) is 40.2 Å². The quantitative estimate of drug-likeness (QED) is 0.617. The fourth-order valence-electron chi connectivity index (χ4n) is 2.35. The summed E-state index contributed by atoms with van der Waals surface area (Å²) >= 11 is 0. The number of nitrogens with one attached hydrogen (secondary N) is 1. The molecule has 7 nitrogen and oxygen atoms in total. The van der Waals surface area contributed by atoms with Crippen LogP contribution in [0, 0.1) is 0 Å². The second-order valence-corrected chi connectivity index (χ2v) is 5.03. The normalized spacial score (nSPS) is 10.9. The summed E-state index contributed by atoms with van der Waals surface area (Å²) in [5, 5.41) is 12.6. The van der Waals surface area contributed by atoms with Crippen LogP contribution in [0.25, 0.3) is 10.9 Å². The van der Waals surface area contributed by atoms with Crippen LogP contribution in [0.4, 0.5) is 0 Å². The molecule has 2 aromatic rings. The van der Waals surface area contributed by atoms with E-state index in [0.29, 0.717) is 49.4 Å². The second kappa shape index (κ2) is 7.75. The van der Waals surface area contributed by atoms with Crippen molar-refractivity contribution in [2.24, 2.45) is 5.73 Å². The van der Waals surface area contributed by atoms with E-state index in [1.54, 1.807) is 22.8 Å². The summed E-state index contributed by atoms with van der Waals surface area (Å²) in [5.41, 5.74) is 5.34. The zero-order chi connectivity index (χ0) is 16.8. The third-order valence-corrected chi connectivity index (χ3v) is 3.49. The lowest BCUT2D eigenvalue weighted by atomic mass is 10.1. The van der Waals surface area contributed by atoms with E-state index in [1.165, 1.54) is 6.20 Å². The van der Waals surface area contributed by atoms with Crippen LogP contribution in [-0.4, -0.2) is 41.9 Å². The molecule has 0 spiro atoms. The lowest BCUT2D eigenvalue weighted by Gasteiger charge is -2.12. The van der Waals surface area contributed by atoms with E-state index < -0.39 is 11.4 Å². The van der Waals surface area contributed by atoms with Crippen molar-refractivity contribution in [2.45, 2.75) is 13.5 Å². The Morgan fingerprint density at radius 2 is 2.17 bits per heavy atom. The number of benzene rings is 1. The summed E-state index contributed by atoms with van der Waals surface area (Å²) in [5.74, 6) is -0.689. The van der Waals surface area contributed by atoms with E-state index in [-0.39, 0.29) is 5.56 Å². The fraction of sp³-hybridized carbons (Fsp3) is 0.375. The number of rotatable bonds is 8. The van der Waals surface area contributed by atoms with Crippen LogP contribution in [0.15, 0.2) is 29.2 Å². The minimum Gasteiger partial charge on any atom is -0.492 e. The van der Waals surface area contributed by atoms with E-state index in [0.717, 1.165) is 0 Å². The summed E-state index contributed by atoms with van der Waals surface area (Å²) in [7, 11) is 0. The van der Waals surface area contributed by atoms with E-state index >= 15 is 0 Å². The highest BCUT2D eigenvalue weighted by Gasteiger charge is 2.14. The van der Waals surface area contributed by atoms with Gasteiger partial charge in [0.1, 0.15) is 17.9 Å². The van der Waals surface area contributed by atoms with Crippen LogP contribution >= 0.6 is 0 Å². The topological polar surface area (TPSA) is 107 Å². The van der Waals surface area contributed by atoms with Crippen LogP contribution in [0.3, 0.4) is 0 Å². The van der Waals surface area contributed by atoms with Crippen molar-refractivity contribution in [1.82, 2.24) is 9.88 Å². The highest BCUT2D eigenvalue weighted by atomic mass is 16.5. The molecule has 0 amide bonds. The van der Waals surface area contributed by atoms with Gasteiger partial charge in [0, 0.05) is 32.4 Å². The Labute approximate surface area is 133 Å². The first kappa shape index (κ1) is 17.0. The molecule has 1 heterocycles. The monoisotopic (exact) mass is 319 g/mol. The van der Waals surface area contributed by atoms with Gasteiger partial charge in [-0.25, -0.2) is 4.79 Å². The average molecular weight is 319 g/mol. The van der Waals surface area contributed by atoms with Gasteiger partial charge >= 0.3 is 5.97 Å². The number of hydrogen-bond acceptors (Lipinski definition) is 5. The van der Waals surface area contributed by atoms with Crippen LogP contribution in [0.1, 0.15) is 17.3 Å². The molecule has 0 saturated carbocycles. The Morgan fingerprint density at radius 3 is 2.83 bits per heavy atom. The van der Waals surface area contributed by atoms with Gasteiger partial charge in [0.2, 0.25) is 5.43 Å². The van der Waals surface area contributed by atoms with Crippen molar-refractivity contribution < 1.29 is 14.6 Å². The minimum atomic E-state index is -1.23. The van der Waals surface area contributed by atoms with Crippen molar-refractivity contribution >= 4 is 16.9 Å². The Balaban J connectivity index is 2.32. The van der Waals surface area contributed by atoms with Gasteiger partial charge in [0.25, 0.3) is 0 Å². The number of nitrogens with two attached hydrogens (primary N) is 1. The highest BCUT2D eigenvalue weighted by molar-refractivity contribution is 5.92. The summed E-state index contributed by atoms with van der Waals surface area (Å²) < 4.78 is 7.33. The third kappa shape index (κ3) is 3.88. The second-order valence-electron chi connectivity index (χ2n) is 5.03. The van der Waals surface area contributed by atoms with Gasteiger partial charge in [0.05, 0.1) is 10.9 Å². The smallest absolute Gasteiger partial charge is 0.341 e. The maximum Gasteiger partial charge on any atom is 0.341 e. The lowest BCUT2D eigenvalue weighted by Crippen LogP contribution is -2.26. The number of carbonyl (C=O) groups is 1. The van der Waals surface area contributed by atoms with Crippen LogP contribution in [-0.2, 0) is 6.54 Å². The molecule has 7 heteroatoms.